The van der Waals surface area contributed by atoms with Gasteiger partial charge in [0.2, 0.25) is 0 Å². The van der Waals surface area contributed by atoms with Crippen molar-refractivity contribution >= 4 is 17.7 Å². The summed E-state index contributed by atoms with van der Waals surface area (Å²) in [7, 11) is 0. The van der Waals surface area contributed by atoms with Crippen molar-refractivity contribution in [1.29, 1.82) is 0 Å². The smallest absolute Gasteiger partial charge is 0.338 e. The summed E-state index contributed by atoms with van der Waals surface area (Å²) in [5, 5.41) is 0. The van der Waals surface area contributed by atoms with Crippen LogP contribution in [0.1, 0.15) is 24.2 Å². The standard InChI is InChI=1S/C12H16O2S/c1-9(2)8-14-12(13)10-4-6-11(15-3)7-5-10/h4-7,9H,8H2,1-3H3. The average molecular weight is 224 g/mol. The van der Waals surface area contributed by atoms with E-state index in [4.69, 9.17) is 4.74 Å². The summed E-state index contributed by atoms with van der Waals surface area (Å²) in [6.45, 7) is 4.51. The molecule has 2 nitrogen and oxygen atoms in total. The molecular weight excluding hydrogens is 208 g/mol. The molecule has 0 heterocycles. The molecule has 0 saturated heterocycles. The third-order valence-corrected chi connectivity index (χ3v) is 2.62. The minimum absolute atomic E-state index is 0.239. The van der Waals surface area contributed by atoms with Crippen LogP contribution in [0.15, 0.2) is 29.2 Å². The lowest BCUT2D eigenvalue weighted by Gasteiger charge is -2.07. The molecule has 0 spiro atoms. The molecule has 1 aromatic rings. The highest BCUT2D eigenvalue weighted by molar-refractivity contribution is 7.98. The van der Waals surface area contributed by atoms with Crippen molar-refractivity contribution in [2.24, 2.45) is 5.92 Å². The number of carbonyl (C=O) groups excluding carboxylic acids is 1. The largest absolute Gasteiger partial charge is 0.462 e. The summed E-state index contributed by atoms with van der Waals surface area (Å²) in [5.74, 6) is 0.135. The number of esters is 1. The van der Waals surface area contributed by atoms with Crippen molar-refractivity contribution in [3.05, 3.63) is 29.8 Å². The topological polar surface area (TPSA) is 26.3 Å². The first kappa shape index (κ1) is 12.1. The Morgan fingerprint density at radius 3 is 2.40 bits per heavy atom. The number of thioether (sulfide) groups is 1. The molecule has 0 aliphatic carbocycles. The summed E-state index contributed by atoms with van der Waals surface area (Å²) < 4.78 is 5.12. The summed E-state index contributed by atoms with van der Waals surface area (Å²) in [5.41, 5.74) is 0.619. The van der Waals surface area contributed by atoms with E-state index in [1.165, 1.54) is 0 Å². The molecule has 0 aliphatic heterocycles. The monoisotopic (exact) mass is 224 g/mol. The summed E-state index contributed by atoms with van der Waals surface area (Å²) in [6.07, 6.45) is 2.01. The Bertz CT molecular complexity index is 317. The second kappa shape index (κ2) is 5.81. The molecule has 1 rings (SSSR count). The van der Waals surface area contributed by atoms with Gasteiger partial charge in [0.15, 0.2) is 0 Å². The van der Waals surface area contributed by atoms with Gasteiger partial charge in [-0.15, -0.1) is 11.8 Å². The molecular formula is C12H16O2S. The van der Waals surface area contributed by atoms with E-state index in [1.807, 2.05) is 32.2 Å². The highest BCUT2D eigenvalue weighted by Gasteiger charge is 2.07. The highest BCUT2D eigenvalue weighted by atomic mass is 32.2. The van der Waals surface area contributed by atoms with Gasteiger partial charge in [0.25, 0.3) is 0 Å². The van der Waals surface area contributed by atoms with Crippen molar-refractivity contribution in [3.8, 4) is 0 Å². The molecule has 0 aliphatic rings. The van der Waals surface area contributed by atoms with Crippen LogP contribution in [0.2, 0.25) is 0 Å². The molecule has 0 saturated carbocycles. The zero-order valence-electron chi connectivity index (χ0n) is 9.32. The zero-order valence-corrected chi connectivity index (χ0v) is 10.1. The van der Waals surface area contributed by atoms with Gasteiger partial charge in [0, 0.05) is 4.90 Å². The van der Waals surface area contributed by atoms with Gasteiger partial charge in [-0.2, -0.15) is 0 Å². The first-order valence-electron chi connectivity index (χ1n) is 4.94. The Morgan fingerprint density at radius 2 is 1.93 bits per heavy atom. The Balaban J connectivity index is 2.58. The predicted octanol–water partition coefficient (Wildman–Crippen LogP) is 3.22. The molecule has 1 aromatic carbocycles. The van der Waals surface area contributed by atoms with E-state index in [9.17, 15) is 4.79 Å². The summed E-state index contributed by atoms with van der Waals surface area (Å²) >= 11 is 1.66. The number of hydrogen-bond donors (Lipinski definition) is 0. The Kier molecular flexibility index (Phi) is 4.69. The number of benzene rings is 1. The van der Waals surface area contributed by atoms with Crippen LogP contribution >= 0.6 is 11.8 Å². The van der Waals surface area contributed by atoms with Crippen molar-refractivity contribution in [3.63, 3.8) is 0 Å². The van der Waals surface area contributed by atoms with Gasteiger partial charge in [-0.05, 0) is 36.4 Å². The lowest BCUT2D eigenvalue weighted by molar-refractivity contribution is 0.0459. The van der Waals surface area contributed by atoms with E-state index >= 15 is 0 Å². The van der Waals surface area contributed by atoms with Crippen LogP contribution in [-0.2, 0) is 4.74 Å². The number of rotatable bonds is 4. The first-order valence-corrected chi connectivity index (χ1v) is 6.17. The van der Waals surface area contributed by atoms with E-state index in [1.54, 1.807) is 23.9 Å². The summed E-state index contributed by atoms with van der Waals surface area (Å²) in [4.78, 5) is 12.7. The van der Waals surface area contributed by atoms with Gasteiger partial charge in [-0.3, -0.25) is 0 Å². The van der Waals surface area contributed by atoms with Gasteiger partial charge in [-0.25, -0.2) is 4.79 Å². The van der Waals surface area contributed by atoms with E-state index in [0.717, 1.165) is 4.90 Å². The lowest BCUT2D eigenvalue weighted by Crippen LogP contribution is -2.09. The SMILES string of the molecule is CSc1ccc(C(=O)OCC(C)C)cc1. The minimum atomic E-state index is -0.239. The quantitative estimate of drug-likeness (QED) is 0.580. The van der Waals surface area contributed by atoms with Crippen molar-refractivity contribution < 1.29 is 9.53 Å². The molecule has 0 amide bonds. The predicted molar refractivity (Wildman–Crippen MR) is 63.3 cm³/mol. The molecule has 0 fully saturated rings. The van der Waals surface area contributed by atoms with Crippen molar-refractivity contribution in [2.75, 3.05) is 12.9 Å². The molecule has 0 radical (unpaired) electrons. The minimum Gasteiger partial charge on any atom is -0.462 e. The van der Waals surface area contributed by atoms with Crippen LogP contribution < -0.4 is 0 Å². The molecule has 3 heteroatoms. The molecule has 0 unspecified atom stereocenters. The lowest BCUT2D eigenvalue weighted by atomic mass is 10.2. The van der Waals surface area contributed by atoms with Gasteiger partial charge < -0.3 is 4.74 Å². The Hall–Kier alpha value is -0.960. The fraction of sp³-hybridized carbons (Fsp3) is 0.417. The van der Waals surface area contributed by atoms with Crippen LogP contribution in [0.5, 0.6) is 0 Å². The molecule has 82 valence electrons. The third-order valence-electron chi connectivity index (χ3n) is 1.87. The average Bonchev–Trinajstić information content (AvgIpc) is 2.26. The molecule has 0 aromatic heterocycles. The molecule has 15 heavy (non-hydrogen) atoms. The maximum Gasteiger partial charge on any atom is 0.338 e. The highest BCUT2D eigenvalue weighted by Crippen LogP contribution is 2.15. The van der Waals surface area contributed by atoms with Crippen LogP contribution in [0, 0.1) is 5.92 Å². The van der Waals surface area contributed by atoms with Gasteiger partial charge in [0.05, 0.1) is 12.2 Å². The third kappa shape index (κ3) is 3.96. The van der Waals surface area contributed by atoms with Crippen molar-refractivity contribution in [1.82, 2.24) is 0 Å². The first-order chi connectivity index (χ1) is 7.13. The molecule has 0 bridgehead atoms. The number of carbonyl (C=O) groups is 1. The van der Waals surface area contributed by atoms with Crippen LogP contribution in [-0.4, -0.2) is 18.8 Å². The van der Waals surface area contributed by atoms with E-state index in [2.05, 4.69) is 0 Å². The van der Waals surface area contributed by atoms with E-state index in [-0.39, 0.29) is 5.97 Å². The van der Waals surface area contributed by atoms with E-state index < -0.39 is 0 Å². The van der Waals surface area contributed by atoms with Gasteiger partial charge >= 0.3 is 5.97 Å². The normalized spacial score (nSPS) is 10.4. The second-order valence-corrected chi connectivity index (χ2v) is 4.60. The summed E-state index contributed by atoms with van der Waals surface area (Å²) in [6, 6.07) is 7.45. The Morgan fingerprint density at radius 1 is 1.33 bits per heavy atom. The zero-order chi connectivity index (χ0) is 11.3. The van der Waals surface area contributed by atoms with Gasteiger partial charge in [-0.1, -0.05) is 13.8 Å². The van der Waals surface area contributed by atoms with Crippen LogP contribution in [0.3, 0.4) is 0 Å². The number of hydrogen-bond acceptors (Lipinski definition) is 3. The maximum atomic E-state index is 11.5. The fourth-order valence-corrected chi connectivity index (χ4v) is 1.46. The van der Waals surface area contributed by atoms with E-state index in [0.29, 0.717) is 18.1 Å². The van der Waals surface area contributed by atoms with Crippen molar-refractivity contribution in [2.45, 2.75) is 18.7 Å². The van der Waals surface area contributed by atoms with Gasteiger partial charge in [0.1, 0.15) is 0 Å². The molecule has 0 atom stereocenters. The second-order valence-electron chi connectivity index (χ2n) is 3.72. The maximum absolute atomic E-state index is 11.5. The van der Waals surface area contributed by atoms with Crippen LogP contribution in [0.4, 0.5) is 0 Å². The number of ether oxygens (including phenoxy) is 1. The van der Waals surface area contributed by atoms with Crippen LogP contribution in [0.25, 0.3) is 0 Å². The fourth-order valence-electron chi connectivity index (χ4n) is 1.05. The molecule has 0 N–H and O–H groups in total. The Labute approximate surface area is 95.0 Å².